The number of esters is 2. The van der Waals surface area contributed by atoms with Gasteiger partial charge in [0.25, 0.3) is 0 Å². The first kappa shape index (κ1) is 31.4. The minimum absolute atomic E-state index is 0.0691. The summed E-state index contributed by atoms with van der Waals surface area (Å²) in [4.78, 5) is 29.6. The van der Waals surface area contributed by atoms with Crippen LogP contribution in [0.15, 0.2) is 12.1 Å². The number of hydrogen-bond donors (Lipinski definition) is 1. The highest BCUT2D eigenvalue weighted by Crippen LogP contribution is 2.51. The number of hydrogen-bond acceptors (Lipinski definition) is 11. The molecule has 1 N–H and O–H groups in total. The summed E-state index contributed by atoms with van der Waals surface area (Å²) >= 11 is 0. The van der Waals surface area contributed by atoms with E-state index in [-0.39, 0.29) is 23.4 Å². The van der Waals surface area contributed by atoms with E-state index in [0.29, 0.717) is 59.7 Å². The molecule has 2 saturated carbocycles. The Balaban J connectivity index is 1.23. The van der Waals surface area contributed by atoms with Gasteiger partial charge in [0, 0.05) is 38.9 Å². The fourth-order valence-corrected chi connectivity index (χ4v) is 9.50. The van der Waals surface area contributed by atoms with Gasteiger partial charge in [-0.3, -0.25) is 9.69 Å². The van der Waals surface area contributed by atoms with Gasteiger partial charge in [0.15, 0.2) is 11.5 Å². The van der Waals surface area contributed by atoms with Crippen LogP contribution in [0, 0.1) is 29.6 Å². The number of nitrogens with zero attached hydrogens (tertiary/aromatic N) is 1. The van der Waals surface area contributed by atoms with Crippen molar-refractivity contribution in [2.24, 2.45) is 29.6 Å². The number of fused-ring (bicyclic) bond motifs is 6. The molecule has 0 radical (unpaired) electrons. The highest BCUT2D eigenvalue weighted by atomic mass is 16.6. The molecule has 0 amide bonds. The number of piperidine rings is 2. The van der Waals surface area contributed by atoms with Gasteiger partial charge in [0.05, 0.1) is 46.0 Å². The average Bonchev–Trinajstić information content (AvgIpc) is 3.43. The molecule has 1 aromatic rings. The Hall–Kier alpha value is -2.60. The van der Waals surface area contributed by atoms with Crippen molar-refractivity contribution in [3.05, 3.63) is 17.7 Å². The minimum Gasteiger partial charge on any atom is -0.493 e. The van der Waals surface area contributed by atoms with Crippen LogP contribution in [0.5, 0.6) is 17.2 Å². The molecule has 3 heterocycles. The second-order valence-electron chi connectivity index (χ2n) is 13.2. The highest BCUT2D eigenvalue weighted by molar-refractivity contribution is 5.91. The summed E-state index contributed by atoms with van der Waals surface area (Å²) in [7, 11) is 9.35. The van der Waals surface area contributed by atoms with E-state index in [9.17, 15) is 9.59 Å². The monoisotopic (exact) mass is 616 g/mol. The van der Waals surface area contributed by atoms with Crippen LogP contribution in [0.2, 0.25) is 0 Å². The predicted molar refractivity (Wildman–Crippen MR) is 160 cm³/mol. The van der Waals surface area contributed by atoms with Crippen LogP contribution in [0.3, 0.4) is 0 Å². The van der Waals surface area contributed by atoms with E-state index in [0.717, 1.165) is 32.4 Å². The van der Waals surface area contributed by atoms with Crippen molar-refractivity contribution in [2.45, 2.75) is 75.0 Å². The zero-order valence-corrected chi connectivity index (χ0v) is 26.8. The van der Waals surface area contributed by atoms with E-state index >= 15 is 0 Å². The summed E-state index contributed by atoms with van der Waals surface area (Å²) in [6.07, 6.45) is 5.20. The van der Waals surface area contributed by atoms with Gasteiger partial charge in [-0.05, 0) is 80.9 Å². The number of benzene rings is 1. The molecular weight excluding hydrogens is 568 g/mol. The standard InChI is InChI=1S/C33H48N2O9/c1-38-19-7-8-20-21-9-10-35-16-18-13-27(44-32(36)17-11-25(39-2)30(41-4)26(12-17)40-3)31(42-5)28(33(37)43-6)22(18)15-24(35)29(21)34-23(20)14-19/h11-12,18-24,27-29,31,34H,7-10,13-16H2,1-6H3/t18-,19?,20?,21?,22+,23?,24+,27+,28-,29?,31+/m0/s1. The van der Waals surface area contributed by atoms with Gasteiger partial charge in [-0.1, -0.05) is 0 Å². The molecule has 1 aromatic carbocycles. The smallest absolute Gasteiger partial charge is 0.338 e. The lowest BCUT2D eigenvalue weighted by atomic mass is 9.62. The normalized spacial score (nSPS) is 37.9. The van der Waals surface area contributed by atoms with Crippen LogP contribution in [0.4, 0.5) is 0 Å². The molecule has 3 saturated heterocycles. The van der Waals surface area contributed by atoms with Gasteiger partial charge in [-0.25, -0.2) is 4.79 Å². The third kappa shape index (κ3) is 5.43. The first-order valence-corrected chi connectivity index (χ1v) is 16.0. The van der Waals surface area contributed by atoms with E-state index in [1.54, 1.807) is 19.2 Å². The molecule has 5 unspecified atom stereocenters. The molecular formula is C33H48N2O9. The van der Waals surface area contributed by atoms with Crippen molar-refractivity contribution in [3.8, 4) is 17.2 Å². The van der Waals surface area contributed by atoms with Crippen LogP contribution in [-0.2, 0) is 23.7 Å². The summed E-state index contributed by atoms with van der Waals surface area (Å²) in [5.74, 6) is 1.31. The van der Waals surface area contributed by atoms with Crippen LogP contribution in [-0.4, -0.2) is 109 Å². The van der Waals surface area contributed by atoms with Crippen LogP contribution >= 0.6 is 0 Å². The Bertz CT molecular complexity index is 1190. The quantitative estimate of drug-likeness (QED) is 0.435. The Kier molecular flexibility index (Phi) is 9.29. The highest BCUT2D eigenvalue weighted by Gasteiger charge is 2.58. The Morgan fingerprint density at radius 2 is 1.59 bits per heavy atom. The summed E-state index contributed by atoms with van der Waals surface area (Å²) in [6, 6.07) is 4.40. The van der Waals surface area contributed by atoms with Gasteiger partial charge in [0.2, 0.25) is 5.75 Å². The largest absolute Gasteiger partial charge is 0.493 e. The second-order valence-corrected chi connectivity index (χ2v) is 13.2. The minimum atomic E-state index is -0.623. The Morgan fingerprint density at radius 3 is 2.23 bits per heavy atom. The molecule has 5 fully saturated rings. The van der Waals surface area contributed by atoms with Crippen molar-refractivity contribution in [3.63, 3.8) is 0 Å². The number of rotatable bonds is 8. The molecule has 2 aliphatic carbocycles. The summed E-state index contributed by atoms with van der Waals surface area (Å²) in [5, 5.41) is 4.05. The molecule has 244 valence electrons. The molecule has 44 heavy (non-hydrogen) atoms. The average molecular weight is 617 g/mol. The maximum absolute atomic E-state index is 13.6. The fraction of sp³-hybridized carbons (Fsp3) is 0.758. The first-order valence-electron chi connectivity index (χ1n) is 16.0. The molecule has 0 spiro atoms. The van der Waals surface area contributed by atoms with E-state index < -0.39 is 24.1 Å². The van der Waals surface area contributed by atoms with Gasteiger partial charge in [-0.15, -0.1) is 0 Å². The van der Waals surface area contributed by atoms with Gasteiger partial charge < -0.3 is 38.5 Å². The number of methoxy groups -OCH3 is 6. The topological polar surface area (TPSA) is 114 Å². The molecule has 3 aliphatic heterocycles. The zero-order valence-electron chi connectivity index (χ0n) is 26.8. The molecule has 11 nitrogen and oxygen atoms in total. The maximum Gasteiger partial charge on any atom is 0.338 e. The Morgan fingerprint density at radius 1 is 0.841 bits per heavy atom. The SMILES string of the molecule is COC(=O)[C@H]1[C@@H]2C[C@@H]3C4NC5CC(OC)CCC5C4CCN3C[C@@H]2C[C@@H](OC(=O)c2cc(OC)c(OC)c(OC)c2)[C@H]1OC. The first-order chi connectivity index (χ1) is 21.3. The summed E-state index contributed by atoms with van der Waals surface area (Å²) in [5.41, 5.74) is 0.265. The third-order valence-corrected chi connectivity index (χ3v) is 11.4. The summed E-state index contributed by atoms with van der Waals surface area (Å²) < 4.78 is 39.5. The third-order valence-electron chi connectivity index (χ3n) is 11.4. The summed E-state index contributed by atoms with van der Waals surface area (Å²) in [6.45, 7) is 1.92. The van der Waals surface area contributed by atoms with Crippen LogP contribution in [0.25, 0.3) is 0 Å². The lowest BCUT2D eigenvalue weighted by Gasteiger charge is -2.55. The molecule has 5 aliphatic rings. The van der Waals surface area contributed by atoms with Gasteiger partial charge >= 0.3 is 11.9 Å². The van der Waals surface area contributed by atoms with E-state index in [1.165, 1.54) is 41.3 Å². The number of ether oxygens (including phenoxy) is 7. The van der Waals surface area contributed by atoms with Crippen LogP contribution in [0.1, 0.15) is 48.9 Å². The van der Waals surface area contributed by atoms with Crippen LogP contribution < -0.4 is 19.5 Å². The predicted octanol–water partition coefficient (Wildman–Crippen LogP) is 2.93. The lowest BCUT2D eigenvalue weighted by molar-refractivity contribution is -0.177. The fourth-order valence-electron chi connectivity index (χ4n) is 9.50. The molecule has 11 heteroatoms. The maximum atomic E-state index is 13.6. The van der Waals surface area contributed by atoms with E-state index in [4.69, 9.17) is 33.2 Å². The van der Waals surface area contributed by atoms with Crippen molar-refractivity contribution in [2.75, 3.05) is 55.7 Å². The second kappa shape index (κ2) is 13.0. The molecule has 11 atom stereocenters. The van der Waals surface area contributed by atoms with Gasteiger partial charge in [-0.2, -0.15) is 0 Å². The van der Waals surface area contributed by atoms with Crippen molar-refractivity contribution in [1.29, 1.82) is 0 Å². The van der Waals surface area contributed by atoms with E-state index in [1.807, 2.05) is 7.11 Å². The number of carbonyl (C=O) groups excluding carboxylic acids is 2. The van der Waals surface area contributed by atoms with Gasteiger partial charge in [0.1, 0.15) is 12.2 Å². The zero-order chi connectivity index (χ0) is 31.1. The van der Waals surface area contributed by atoms with Crippen molar-refractivity contribution < 1.29 is 42.7 Å². The van der Waals surface area contributed by atoms with Crippen molar-refractivity contribution >= 4 is 11.9 Å². The lowest BCUT2D eigenvalue weighted by Crippen LogP contribution is -2.64. The van der Waals surface area contributed by atoms with Crippen molar-refractivity contribution in [1.82, 2.24) is 10.2 Å². The molecule has 0 aromatic heterocycles. The Labute approximate surface area is 260 Å². The van der Waals surface area contributed by atoms with E-state index in [2.05, 4.69) is 10.2 Å². The molecule has 0 bridgehead atoms. The molecule has 6 rings (SSSR count). The number of carbonyl (C=O) groups is 2. The number of nitrogens with one attached hydrogen (secondary N) is 1.